The van der Waals surface area contributed by atoms with Crippen LogP contribution in [-0.2, 0) is 9.53 Å². The molecule has 5 heteroatoms. The third kappa shape index (κ3) is 5.13. The number of rotatable bonds is 6. The van der Waals surface area contributed by atoms with Crippen molar-refractivity contribution < 1.29 is 14.6 Å². The van der Waals surface area contributed by atoms with Crippen molar-refractivity contribution in [3.8, 4) is 0 Å². The lowest BCUT2D eigenvalue weighted by Gasteiger charge is -2.20. The molecule has 0 aliphatic carbocycles. The van der Waals surface area contributed by atoms with Crippen LogP contribution in [0.25, 0.3) is 0 Å². The Kier molecular flexibility index (Phi) is 6.11. The van der Waals surface area contributed by atoms with Gasteiger partial charge in [-0.3, -0.25) is 4.79 Å². The van der Waals surface area contributed by atoms with Gasteiger partial charge in [-0.25, -0.2) is 0 Å². The van der Waals surface area contributed by atoms with Crippen LogP contribution < -0.4 is 5.73 Å². The molecule has 0 aromatic heterocycles. The van der Waals surface area contributed by atoms with E-state index in [4.69, 9.17) is 10.8 Å². The lowest BCUT2D eigenvalue weighted by atomic mass is 10.1. The number of aliphatic hydroxyl groups excluding tert-OH is 1. The number of esters is 1. The van der Waals surface area contributed by atoms with Gasteiger partial charge in [-0.15, -0.1) is 0 Å². The maximum Gasteiger partial charge on any atom is 0.326 e. The Hall–Kier alpha value is -0.260. The molecule has 1 atom stereocenters. The molecule has 13 heavy (non-hydrogen) atoms. The second kappa shape index (κ2) is 6.23. The maximum absolute atomic E-state index is 11.1. The first-order valence-corrected chi connectivity index (χ1v) is 5.26. The predicted molar refractivity (Wildman–Crippen MR) is 53.6 cm³/mol. The van der Waals surface area contributed by atoms with E-state index in [9.17, 15) is 4.79 Å². The number of carbonyl (C=O) groups is 1. The van der Waals surface area contributed by atoms with Gasteiger partial charge < -0.3 is 15.6 Å². The van der Waals surface area contributed by atoms with Gasteiger partial charge in [-0.05, 0) is 19.1 Å². The van der Waals surface area contributed by atoms with Gasteiger partial charge in [0.15, 0.2) is 0 Å². The fraction of sp³-hybridized carbons (Fsp3) is 0.875. The van der Waals surface area contributed by atoms with E-state index in [0.717, 1.165) is 12.2 Å². The summed E-state index contributed by atoms with van der Waals surface area (Å²) in [5.41, 5.74) is 4.77. The van der Waals surface area contributed by atoms with Crippen molar-refractivity contribution >= 4 is 17.7 Å². The highest BCUT2D eigenvalue weighted by Crippen LogP contribution is 2.12. The maximum atomic E-state index is 11.1. The summed E-state index contributed by atoms with van der Waals surface area (Å²) in [5.74, 6) is 0.920. The SMILES string of the molecule is COC(=O)C(C)(N)CSCCCO. The van der Waals surface area contributed by atoms with Gasteiger partial charge in [-0.2, -0.15) is 11.8 Å². The minimum Gasteiger partial charge on any atom is -0.468 e. The zero-order chi connectivity index (χ0) is 10.3. The van der Waals surface area contributed by atoms with Gasteiger partial charge in [0.2, 0.25) is 0 Å². The highest BCUT2D eigenvalue weighted by Gasteiger charge is 2.28. The first kappa shape index (κ1) is 12.7. The van der Waals surface area contributed by atoms with Crippen LogP contribution in [0.1, 0.15) is 13.3 Å². The molecule has 0 bridgehead atoms. The van der Waals surface area contributed by atoms with E-state index in [2.05, 4.69) is 4.74 Å². The molecule has 0 saturated heterocycles. The minimum absolute atomic E-state index is 0.173. The van der Waals surface area contributed by atoms with E-state index < -0.39 is 11.5 Å². The summed E-state index contributed by atoms with van der Waals surface area (Å²) >= 11 is 1.54. The lowest BCUT2D eigenvalue weighted by Crippen LogP contribution is -2.48. The van der Waals surface area contributed by atoms with Crippen molar-refractivity contribution in [2.75, 3.05) is 25.2 Å². The summed E-state index contributed by atoms with van der Waals surface area (Å²) in [4.78, 5) is 11.1. The molecule has 0 aromatic rings. The first-order valence-electron chi connectivity index (χ1n) is 4.10. The van der Waals surface area contributed by atoms with E-state index in [1.54, 1.807) is 18.7 Å². The van der Waals surface area contributed by atoms with Crippen LogP contribution in [0.15, 0.2) is 0 Å². The van der Waals surface area contributed by atoms with Gasteiger partial charge in [0.25, 0.3) is 0 Å². The number of ether oxygens (including phenoxy) is 1. The van der Waals surface area contributed by atoms with Crippen LogP contribution in [0.3, 0.4) is 0 Å². The van der Waals surface area contributed by atoms with E-state index in [1.807, 2.05) is 0 Å². The summed E-state index contributed by atoms with van der Waals surface area (Å²) in [6.07, 6.45) is 0.724. The number of hydrogen-bond acceptors (Lipinski definition) is 5. The van der Waals surface area contributed by atoms with Crippen molar-refractivity contribution in [3.63, 3.8) is 0 Å². The molecule has 0 heterocycles. The number of hydrogen-bond donors (Lipinski definition) is 2. The highest BCUT2D eigenvalue weighted by atomic mass is 32.2. The van der Waals surface area contributed by atoms with Crippen molar-refractivity contribution in [2.24, 2.45) is 5.73 Å². The normalized spacial score (nSPS) is 15.1. The summed E-state index contributed by atoms with van der Waals surface area (Å²) in [7, 11) is 1.33. The molecule has 0 aliphatic heterocycles. The third-order valence-electron chi connectivity index (χ3n) is 1.50. The summed E-state index contributed by atoms with van der Waals surface area (Å²) in [5, 5.41) is 8.51. The molecule has 1 unspecified atom stereocenters. The van der Waals surface area contributed by atoms with E-state index >= 15 is 0 Å². The van der Waals surface area contributed by atoms with Gasteiger partial charge >= 0.3 is 5.97 Å². The van der Waals surface area contributed by atoms with Crippen LogP contribution in [-0.4, -0.2) is 41.8 Å². The lowest BCUT2D eigenvalue weighted by molar-refractivity contribution is -0.145. The molecule has 0 radical (unpaired) electrons. The first-order chi connectivity index (χ1) is 6.04. The Morgan fingerprint density at radius 3 is 2.77 bits per heavy atom. The van der Waals surface area contributed by atoms with Crippen LogP contribution in [0, 0.1) is 0 Å². The van der Waals surface area contributed by atoms with Crippen molar-refractivity contribution in [2.45, 2.75) is 18.9 Å². The molecule has 0 saturated carbocycles. The number of methoxy groups -OCH3 is 1. The van der Waals surface area contributed by atoms with Crippen LogP contribution >= 0.6 is 11.8 Å². The molecule has 0 fully saturated rings. The standard InChI is InChI=1S/C8H17NO3S/c1-8(9,7(11)12-2)6-13-5-3-4-10/h10H,3-6,9H2,1-2H3. The van der Waals surface area contributed by atoms with Gasteiger partial charge in [0, 0.05) is 12.4 Å². The van der Waals surface area contributed by atoms with Crippen LogP contribution in [0.4, 0.5) is 0 Å². The molecule has 0 aliphatic rings. The quantitative estimate of drug-likeness (QED) is 0.473. The van der Waals surface area contributed by atoms with Crippen molar-refractivity contribution in [1.29, 1.82) is 0 Å². The largest absolute Gasteiger partial charge is 0.468 e. The number of aliphatic hydroxyl groups is 1. The van der Waals surface area contributed by atoms with Crippen molar-refractivity contribution in [3.05, 3.63) is 0 Å². The fourth-order valence-electron chi connectivity index (χ4n) is 0.743. The highest BCUT2D eigenvalue weighted by molar-refractivity contribution is 7.99. The molecule has 0 rings (SSSR count). The predicted octanol–water partition coefficient (Wildman–Crippen LogP) is -0.00760. The van der Waals surface area contributed by atoms with Gasteiger partial charge in [-0.1, -0.05) is 0 Å². The number of thioether (sulfide) groups is 1. The number of carbonyl (C=O) groups excluding carboxylic acids is 1. The zero-order valence-electron chi connectivity index (χ0n) is 8.08. The van der Waals surface area contributed by atoms with E-state index in [-0.39, 0.29) is 6.61 Å². The summed E-state index contributed by atoms with van der Waals surface area (Å²) in [6.45, 7) is 1.82. The molecule has 78 valence electrons. The topological polar surface area (TPSA) is 72.5 Å². The molecular formula is C8H17NO3S. The molecule has 3 N–H and O–H groups in total. The smallest absolute Gasteiger partial charge is 0.326 e. The summed E-state index contributed by atoms with van der Waals surface area (Å²) < 4.78 is 4.55. The second-order valence-corrected chi connectivity index (χ2v) is 4.14. The summed E-state index contributed by atoms with van der Waals surface area (Å²) in [6, 6.07) is 0. The molecule has 0 aromatic carbocycles. The van der Waals surface area contributed by atoms with Crippen molar-refractivity contribution in [1.82, 2.24) is 0 Å². The molecule has 0 amide bonds. The average Bonchev–Trinajstić information content (AvgIpc) is 2.11. The molecule has 0 spiro atoms. The third-order valence-corrected chi connectivity index (χ3v) is 2.88. The Balaban J connectivity index is 3.69. The zero-order valence-corrected chi connectivity index (χ0v) is 8.89. The van der Waals surface area contributed by atoms with Gasteiger partial charge in [0.1, 0.15) is 5.54 Å². The fourth-order valence-corrected chi connectivity index (χ4v) is 1.76. The second-order valence-electron chi connectivity index (χ2n) is 3.04. The molecule has 4 nitrogen and oxygen atoms in total. The minimum atomic E-state index is -0.922. The Bertz CT molecular complexity index is 161. The van der Waals surface area contributed by atoms with E-state index in [0.29, 0.717) is 5.75 Å². The van der Waals surface area contributed by atoms with Crippen LogP contribution in [0.5, 0.6) is 0 Å². The van der Waals surface area contributed by atoms with Gasteiger partial charge in [0.05, 0.1) is 7.11 Å². The molecular weight excluding hydrogens is 190 g/mol. The van der Waals surface area contributed by atoms with Crippen LogP contribution in [0.2, 0.25) is 0 Å². The Labute approximate surface area is 82.8 Å². The Morgan fingerprint density at radius 2 is 2.31 bits per heavy atom. The Morgan fingerprint density at radius 1 is 1.69 bits per heavy atom. The van der Waals surface area contributed by atoms with E-state index in [1.165, 1.54) is 7.11 Å². The monoisotopic (exact) mass is 207 g/mol. The average molecular weight is 207 g/mol. The number of nitrogens with two attached hydrogens (primary N) is 1.